The molecule has 0 radical (unpaired) electrons. The third-order valence-electron chi connectivity index (χ3n) is 3.50. The fourth-order valence-electron chi connectivity index (χ4n) is 2.21. The zero-order valence-electron chi connectivity index (χ0n) is 14.1. The van der Waals surface area contributed by atoms with E-state index >= 15 is 0 Å². The summed E-state index contributed by atoms with van der Waals surface area (Å²) in [6.07, 6.45) is 4.27. The summed E-state index contributed by atoms with van der Waals surface area (Å²) in [7, 11) is 1.49. The van der Waals surface area contributed by atoms with Crippen molar-refractivity contribution in [3.05, 3.63) is 42.2 Å². The number of hydrogen-bond acceptors (Lipinski definition) is 7. The van der Waals surface area contributed by atoms with Crippen LogP contribution in [0.1, 0.15) is 27.9 Å². The molecule has 0 bridgehead atoms. The lowest BCUT2D eigenvalue weighted by molar-refractivity contribution is 0.0995. The van der Waals surface area contributed by atoms with Gasteiger partial charge in [0.1, 0.15) is 6.26 Å². The number of nitrogens with two attached hydrogens (primary N) is 1. The number of nitrogens with one attached hydrogen (secondary N) is 1. The first-order valence-corrected chi connectivity index (χ1v) is 7.66. The SMILES string of the molecule is CCn1cc(NC(=O)c2coc(-c3ccnc(OC)c3)n2)c(C(N)=O)n1. The van der Waals surface area contributed by atoms with E-state index in [-0.39, 0.29) is 23.0 Å². The lowest BCUT2D eigenvalue weighted by Crippen LogP contribution is -2.18. The molecule has 0 spiro atoms. The Morgan fingerprint density at radius 1 is 1.42 bits per heavy atom. The van der Waals surface area contributed by atoms with Gasteiger partial charge in [0, 0.05) is 30.6 Å². The highest BCUT2D eigenvalue weighted by Gasteiger charge is 2.19. The number of carbonyl (C=O) groups excluding carboxylic acids is 2. The average Bonchev–Trinajstić information content (AvgIpc) is 3.29. The largest absolute Gasteiger partial charge is 0.481 e. The normalized spacial score (nSPS) is 10.5. The molecule has 10 heteroatoms. The number of pyridine rings is 1. The Hall–Kier alpha value is -3.69. The van der Waals surface area contributed by atoms with Gasteiger partial charge in [-0.15, -0.1) is 0 Å². The average molecular weight is 356 g/mol. The van der Waals surface area contributed by atoms with Crippen molar-refractivity contribution in [2.45, 2.75) is 13.5 Å². The lowest BCUT2D eigenvalue weighted by atomic mass is 10.2. The number of methoxy groups -OCH3 is 1. The van der Waals surface area contributed by atoms with Crippen LogP contribution in [0.15, 0.2) is 35.2 Å². The Bertz CT molecular complexity index is 961. The first-order valence-electron chi connectivity index (χ1n) is 7.66. The second kappa shape index (κ2) is 7.05. The smallest absolute Gasteiger partial charge is 0.277 e. The summed E-state index contributed by atoms with van der Waals surface area (Å²) in [5, 5.41) is 6.58. The van der Waals surface area contributed by atoms with Crippen LogP contribution in [0.25, 0.3) is 11.5 Å². The van der Waals surface area contributed by atoms with Gasteiger partial charge in [0.05, 0.1) is 12.8 Å². The van der Waals surface area contributed by atoms with Crippen molar-refractivity contribution in [2.75, 3.05) is 12.4 Å². The molecule has 134 valence electrons. The van der Waals surface area contributed by atoms with Crippen LogP contribution in [0.4, 0.5) is 5.69 Å². The molecule has 0 atom stereocenters. The standard InChI is InChI=1S/C16H16N6O4/c1-3-22-7-10(13(21-22)14(17)23)19-15(24)11-8-26-16(20-11)9-4-5-18-12(6-9)25-2/h4-8H,3H2,1-2H3,(H2,17,23)(H,19,24). The van der Waals surface area contributed by atoms with Crippen molar-refractivity contribution in [2.24, 2.45) is 5.73 Å². The zero-order valence-corrected chi connectivity index (χ0v) is 14.1. The minimum Gasteiger partial charge on any atom is -0.481 e. The second-order valence-electron chi connectivity index (χ2n) is 5.19. The number of aromatic nitrogens is 4. The van der Waals surface area contributed by atoms with E-state index in [0.29, 0.717) is 18.0 Å². The third kappa shape index (κ3) is 3.38. The topological polar surface area (TPSA) is 138 Å². The molecular weight excluding hydrogens is 340 g/mol. The van der Waals surface area contributed by atoms with E-state index in [1.807, 2.05) is 6.92 Å². The molecule has 0 saturated carbocycles. The van der Waals surface area contributed by atoms with Gasteiger partial charge in [0.25, 0.3) is 11.8 Å². The molecule has 3 aromatic rings. The molecule has 0 aliphatic carbocycles. The molecule has 10 nitrogen and oxygen atoms in total. The number of amides is 2. The lowest BCUT2D eigenvalue weighted by Gasteiger charge is -2.00. The molecule has 26 heavy (non-hydrogen) atoms. The fourth-order valence-corrected chi connectivity index (χ4v) is 2.21. The predicted molar refractivity (Wildman–Crippen MR) is 90.7 cm³/mol. The summed E-state index contributed by atoms with van der Waals surface area (Å²) in [4.78, 5) is 32.0. The van der Waals surface area contributed by atoms with E-state index in [2.05, 4.69) is 20.4 Å². The maximum Gasteiger partial charge on any atom is 0.277 e. The summed E-state index contributed by atoms with van der Waals surface area (Å²) in [5.41, 5.74) is 6.11. The first kappa shape index (κ1) is 17.1. The highest BCUT2D eigenvalue weighted by molar-refractivity contribution is 6.07. The summed E-state index contributed by atoms with van der Waals surface area (Å²) >= 11 is 0. The van der Waals surface area contributed by atoms with Gasteiger partial charge in [0.15, 0.2) is 11.4 Å². The van der Waals surface area contributed by atoms with E-state index < -0.39 is 11.8 Å². The molecule has 0 aliphatic heterocycles. The summed E-state index contributed by atoms with van der Waals surface area (Å²) in [6.45, 7) is 2.37. The number of nitrogens with zero attached hydrogens (tertiary/aromatic N) is 4. The van der Waals surface area contributed by atoms with Crippen LogP contribution in [-0.2, 0) is 6.54 Å². The van der Waals surface area contributed by atoms with E-state index in [4.69, 9.17) is 14.9 Å². The molecule has 0 fully saturated rings. The molecule has 0 aromatic carbocycles. The van der Waals surface area contributed by atoms with Crippen molar-refractivity contribution in [1.82, 2.24) is 19.7 Å². The predicted octanol–water partition coefficient (Wildman–Crippen LogP) is 1.31. The number of rotatable bonds is 6. The highest BCUT2D eigenvalue weighted by Crippen LogP contribution is 2.22. The molecule has 3 N–H and O–H groups in total. The Balaban J connectivity index is 1.82. The summed E-state index contributed by atoms with van der Waals surface area (Å²) in [6, 6.07) is 3.30. The van der Waals surface area contributed by atoms with Crippen LogP contribution in [0.5, 0.6) is 5.88 Å². The van der Waals surface area contributed by atoms with Crippen LogP contribution >= 0.6 is 0 Å². The van der Waals surface area contributed by atoms with Gasteiger partial charge in [-0.2, -0.15) is 5.10 Å². The van der Waals surface area contributed by atoms with Crippen molar-refractivity contribution in [1.29, 1.82) is 0 Å². The number of anilines is 1. The van der Waals surface area contributed by atoms with Gasteiger partial charge < -0.3 is 20.2 Å². The highest BCUT2D eigenvalue weighted by atomic mass is 16.5. The first-order chi connectivity index (χ1) is 12.5. The Morgan fingerprint density at radius 3 is 2.92 bits per heavy atom. The van der Waals surface area contributed by atoms with Crippen molar-refractivity contribution in [3.8, 4) is 17.3 Å². The van der Waals surface area contributed by atoms with E-state index in [9.17, 15) is 9.59 Å². The Kier molecular flexibility index (Phi) is 4.65. The molecule has 0 aliphatic rings. The third-order valence-corrected chi connectivity index (χ3v) is 3.50. The summed E-state index contributed by atoms with van der Waals surface area (Å²) < 4.78 is 11.9. The van der Waals surface area contributed by atoms with Crippen LogP contribution in [0.2, 0.25) is 0 Å². The van der Waals surface area contributed by atoms with Gasteiger partial charge in [-0.05, 0) is 13.0 Å². The monoisotopic (exact) mass is 356 g/mol. The maximum atomic E-state index is 12.4. The minimum atomic E-state index is -0.739. The Labute approximate surface area is 148 Å². The van der Waals surface area contributed by atoms with Gasteiger partial charge in [0.2, 0.25) is 11.8 Å². The molecular formula is C16H16N6O4. The van der Waals surface area contributed by atoms with Crippen molar-refractivity contribution >= 4 is 17.5 Å². The van der Waals surface area contributed by atoms with Crippen molar-refractivity contribution in [3.63, 3.8) is 0 Å². The maximum absolute atomic E-state index is 12.4. The van der Waals surface area contributed by atoms with Gasteiger partial charge in [-0.25, -0.2) is 9.97 Å². The second-order valence-corrected chi connectivity index (χ2v) is 5.19. The number of aryl methyl sites for hydroxylation is 1. The Morgan fingerprint density at radius 2 is 2.23 bits per heavy atom. The van der Waals surface area contributed by atoms with Crippen LogP contribution < -0.4 is 15.8 Å². The molecule has 3 heterocycles. The number of hydrogen-bond donors (Lipinski definition) is 2. The van der Waals surface area contributed by atoms with Gasteiger partial charge in [-0.3, -0.25) is 14.3 Å². The van der Waals surface area contributed by atoms with E-state index in [0.717, 1.165) is 0 Å². The summed E-state index contributed by atoms with van der Waals surface area (Å²) in [5.74, 6) is -0.670. The van der Waals surface area contributed by atoms with Crippen LogP contribution in [-0.4, -0.2) is 38.7 Å². The number of ether oxygens (including phenoxy) is 1. The minimum absolute atomic E-state index is 0.0252. The quantitative estimate of drug-likeness (QED) is 0.679. The van der Waals surface area contributed by atoms with Gasteiger partial charge >= 0.3 is 0 Å². The molecule has 0 saturated heterocycles. The molecule has 2 amide bonds. The zero-order chi connectivity index (χ0) is 18.7. The number of oxazole rings is 1. The van der Waals surface area contributed by atoms with Crippen molar-refractivity contribution < 1.29 is 18.7 Å². The van der Waals surface area contributed by atoms with E-state index in [1.54, 1.807) is 12.1 Å². The molecule has 3 rings (SSSR count). The van der Waals surface area contributed by atoms with Crippen LogP contribution in [0.3, 0.4) is 0 Å². The molecule has 0 unspecified atom stereocenters. The van der Waals surface area contributed by atoms with Gasteiger partial charge in [-0.1, -0.05) is 0 Å². The fraction of sp³-hybridized carbons (Fsp3) is 0.188. The molecule has 3 aromatic heterocycles. The van der Waals surface area contributed by atoms with Crippen LogP contribution in [0, 0.1) is 0 Å². The number of primary amides is 1. The van der Waals surface area contributed by atoms with E-state index in [1.165, 1.54) is 30.4 Å². The number of carbonyl (C=O) groups is 2.